The second-order valence-corrected chi connectivity index (χ2v) is 8.86. The van der Waals surface area contributed by atoms with Crippen molar-refractivity contribution in [3.63, 3.8) is 0 Å². The quantitative estimate of drug-likeness (QED) is 0.866. The normalized spacial score (nSPS) is 22.8. The predicted molar refractivity (Wildman–Crippen MR) is 107 cm³/mol. The van der Waals surface area contributed by atoms with E-state index in [1.54, 1.807) is 13.3 Å². The molecule has 4 heterocycles. The first kappa shape index (κ1) is 18.8. The van der Waals surface area contributed by atoms with Crippen LogP contribution in [0, 0.1) is 0 Å². The molecular formula is C19H29N7O2. The molecule has 152 valence electrons. The Morgan fingerprint density at radius 3 is 2.68 bits per heavy atom. The Labute approximate surface area is 165 Å². The van der Waals surface area contributed by atoms with E-state index in [0.29, 0.717) is 18.4 Å². The fourth-order valence-corrected chi connectivity index (χ4v) is 4.26. The third-order valence-electron chi connectivity index (χ3n) is 5.53. The van der Waals surface area contributed by atoms with Crippen molar-refractivity contribution in [2.24, 2.45) is 0 Å². The average molecular weight is 387 g/mol. The summed E-state index contributed by atoms with van der Waals surface area (Å²) in [6, 6.07) is 0.498. The maximum Gasteiger partial charge on any atom is 0.318 e. The molecule has 2 aliphatic rings. The molecule has 2 atom stereocenters. The standard InChI is InChI=1S/C19H29N7O2/c1-11(2)25-14-7-8-24(10-13(14)21-18(25)27)17-22-15-12(16(23-17)28-6)9-20-26(15)19(3,4)5/h9,11,13-14H,7-8,10H2,1-6H3,(H,21,27)/t13-,14+/m1/s1. The fourth-order valence-electron chi connectivity index (χ4n) is 4.26. The summed E-state index contributed by atoms with van der Waals surface area (Å²) < 4.78 is 7.43. The van der Waals surface area contributed by atoms with Crippen LogP contribution >= 0.6 is 0 Å². The minimum absolute atomic E-state index is 0.0200. The van der Waals surface area contributed by atoms with E-state index in [2.05, 4.69) is 54.9 Å². The molecule has 0 aromatic carbocycles. The number of nitrogens with zero attached hydrogens (tertiary/aromatic N) is 6. The summed E-state index contributed by atoms with van der Waals surface area (Å²) in [5.74, 6) is 1.14. The van der Waals surface area contributed by atoms with Gasteiger partial charge in [0.25, 0.3) is 0 Å². The number of methoxy groups -OCH3 is 1. The molecule has 2 aliphatic heterocycles. The molecule has 0 bridgehead atoms. The summed E-state index contributed by atoms with van der Waals surface area (Å²) in [6.45, 7) is 11.9. The van der Waals surface area contributed by atoms with E-state index in [1.807, 2.05) is 9.58 Å². The highest BCUT2D eigenvalue weighted by Gasteiger charge is 2.44. The minimum Gasteiger partial charge on any atom is -0.480 e. The monoisotopic (exact) mass is 387 g/mol. The van der Waals surface area contributed by atoms with Crippen molar-refractivity contribution in [1.82, 2.24) is 30.0 Å². The summed E-state index contributed by atoms with van der Waals surface area (Å²) in [5, 5.41) is 8.43. The van der Waals surface area contributed by atoms with Gasteiger partial charge in [-0.15, -0.1) is 0 Å². The van der Waals surface area contributed by atoms with E-state index >= 15 is 0 Å². The molecule has 2 aromatic heterocycles. The van der Waals surface area contributed by atoms with Crippen LogP contribution in [-0.2, 0) is 5.54 Å². The number of amides is 2. The molecule has 4 rings (SSSR count). The number of nitrogens with one attached hydrogen (secondary N) is 1. The largest absolute Gasteiger partial charge is 0.480 e. The van der Waals surface area contributed by atoms with E-state index < -0.39 is 0 Å². The van der Waals surface area contributed by atoms with E-state index in [4.69, 9.17) is 9.72 Å². The molecule has 0 radical (unpaired) electrons. The van der Waals surface area contributed by atoms with Gasteiger partial charge < -0.3 is 19.9 Å². The number of carbonyl (C=O) groups excluding carboxylic acids is 1. The molecule has 2 aromatic rings. The highest BCUT2D eigenvalue weighted by molar-refractivity contribution is 5.82. The van der Waals surface area contributed by atoms with Crippen molar-refractivity contribution in [2.45, 2.75) is 64.7 Å². The fraction of sp³-hybridized carbons (Fsp3) is 0.684. The van der Waals surface area contributed by atoms with Gasteiger partial charge in [0.1, 0.15) is 5.39 Å². The van der Waals surface area contributed by atoms with Crippen LogP contribution in [0.2, 0.25) is 0 Å². The van der Waals surface area contributed by atoms with Crippen LogP contribution in [0.1, 0.15) is 41.0 Å². The van der Waals surface area contributed by atoms with Crippen LogP contribution in [0.25, 0.3) is 11.0 Å². The Kier molecular flexibility index (Phi) is 4.35. The molecular weight excluding hydrogens is 358 g/mol. The van der Waals surface area contributed by atoms with Gasteiger partial charge >= 0.3 is 6.03 Å². The third-order valence-corrected chi connectivity index (χ3v) is 5.53. The zero-order valence-corrected chi connectivity index (χ0v) is 17.4. The molecule has 9 nitrogen and oxygen atoms in total. The minimum atomic E-state index is -0.206. The highest BCUT2D eigenvalue weighted by Crippen LogP contribution is 2.31. The number of rotatable bonds is 3. The lowest BCUT2D eigenvalue weighted by Gasteiger charge is -2.38. The molecule has 0 aliphatic carbocycles. The number of urea groups is 1. The van der Waals surface area contributed by atoms with Crippen LogP contribution < -0.4 is 15.0 Å². The lowest BCUT2D eigenvalue weighted by molar-refractivity contribution is 0.175. The first-order valence-corrected chi connectivity index (χ1v) is 9.84. The van der Waals surface area contributed by atoms with Crippen molar-refractivity contribution in [3.8, 4) is 5.88 Å². The lowest BCUT2D eigenvalue weighted by atomic mass is 9.99. The van der Waals surface area contributed by atoms with Crippen molar-refractivity contribution < 1.29 is 9.53 Å². The van der Waals surface area contributed by atoms with Gasteiger partial charge in [-0.25, -0.2) is 9.48 Å². The Balaban J connectivity index is 1.68. The summed E-state index contributed by atoms with van der Waals surface area (Å²) >= 11 is 0. The smallest absolute Gasteiger partial charge is 0.318 e. The molecule has 9 heteroatoms. The maximum absolute atomic E-state index is 12.4. The van der Waals surface area contributed by atoms with Gasteiger partial charge in [0, 0.05) is 19.1 Å². The Morgan fingerprint density at radius 1 is 1.29 bits per heavy atom. The second-order valence-electron chi connectivity index (χ2n) is 8.86. The van der Waals surface area contributed by atoms with Crippen LogP contribution in [0.15, 0.2) is 6.20 Å². The maximum atomic E-state index is 12.4. The van der Waals surface area contributed by atoms with Crippen molar-refractivity contribution in [2.75, 3.05) is 25.1 Å². The highest BCUT2D eigenvalue weighted by atomic mass is 16.5. The topological polar surface area (TPSA) is 88.4 Å². The second kappa shape index (κ2) is 6.49. The van der Waals surface area contributed by atoms with Crippen LogP contribution in [0.3, 0.4) is 0 Å². The summed E-state index contributed by atoms with van der Waals surface area (Å²) in [5.41, 5.74) is 0.554. The summed E-state index contributed by atoms with van der Waals surface area (Å²) in [6.07, 6.45) is 2.64. The summed E-state index contributed by atoms with van der Waals surface area (Å²) in [7, 11) is 1.62. The molecule has 0 spiro atoms. The van der Waals surface area contributed by atoms with Gasteiger partial charge in [-0.3, -0.25) is 0 Å². The van der Waals surface area contributed by atoms with Gasteiger partial charge in [-0.2, -0.15) is 15.1 Å². The van der Waals surface area contributed by atoms with E-state index in [0.717, 1.165) is 24.0 Å². The lowest BCUT2D eigenvalue weighted by Crippen LogP contribution is -2.52. The van der Waals surface area contributed by atoms with Crippen molar-refractivity contribution in [3.05, 3.63) is 6.20 Å². The van der Waals surface area contributed by atoms with Gasteiger partial charge in [0.15, 0.2) is 5.65 Å². The van der Waals surface area contributed by atoms with Crippen molar-refractivity contribution >= 4 is 23.0 Å². The molecule has 2 fully saturated rings. The van der Waals surface area contributed by atoms with Crippen LogP contribution in [-0.4, -0.2) is 69.0 Å². The van der Waals surface area contributed by atoms with E-state index in [9.17, 15) is 4.79 Å². The number of fused-ring (bicyclic) bond motifs is 2. The molecule has 28 heavy (non-hydrogen) atoms. The molecule has 2 amide bonds. The Bertz CT molecular complexity index is 902. The van der Waals surface area contributed by atoms with Crippen LogP contribution in [0.5, 0.6) is 5.88 Å². The van der Waals surface area contributed by atoms with E-state index in [1.165, 1.54) is 0 Å². The van der Waals surface area contributed by atoms with Gasteiger partial charge in [-0.05, 0) is 41.0 Å². The number of hydrogen-bond donors (Lipinski definition) is 1. The SMILES string of the molecule is COc1nc(N2CC[C@H]3[C@@H](C2)NC(=O)N3C(C)C)nc2c1cnn2C(C)(C)C. The van der Waals surface area contributed by atoms with Crippen molar-refractivity contribution in [1.29, 1.82) is 0 Å². The number of aromatic nitrogens is 4. The number of carbonyl (C=O) groups is 1. The third kappa shape index (κ3) is 2.93. The number of hydrogen-bond acceptors (Lipinski definition) is 6. The Morgan fingerprint density at radius 2 is 2.04 bits per heavy atom. The predicted octanol–water partition coefficient (Wildman–Crippen LogP) is 1.97. The van der Waals surface area contributed by atoms with Gasteiger partial charge in [0.05, 0.1) is 30.9 Å². The van der Waals surface area contributed by atoms with E-state index in [-0.39, 0.29) is 29.7 Å². The number of piperidine rings is 1. The number of anilines is 1. The average Bonchev–Trinajstić information content (AvgIpc) is 3.19. The Hall–Kier alpha value is -2.58. The first-order chi connectivity index (χ1) is 13.2. The molecule has 1 N–H and O–H groups in total. The van der Waals surface area contributed by atoms with Gasteiger partial charge in [0.2, 0.25) is 11.8 Å². The zero-order chi connectivity index (χ0) is 20.2. The number of ether oxygens (including phenoxy) is 1. The molecule has 0 unspecified atom stereocenters. The first-order valence-electron chi connectivity index (χ1n) is 9.84. The molecule has 2 saturated heterocycles. The summed E-state index contributed by atoms with van der Waals surface area (Å²) in [4.78, 5) is 25.9. The van der Waals surface area contributed by atoms with Gasteiger partial charge in [-0.1, -0.05) is 0 Å². The molecule has 0 saturated carbocycles. The zero-order valence-electron chi connectivity index (χ0n) is 17.4. The van der Waals surface area contributed by atoms with Crippen LogP contribution in [0.4, 0.5) is 10.7 Å².